The maximum absolute atomic E-state index is 5.76. The lowest BCUT2D eigenvalue weighted by molar-refractivity contribution is 0.324. The van der Waals surface area contributed by atoms with E-state index >= 15 is 0 Å². The molecule has 0 amide bonds. The van der Waals surface area contributed by atoms with Crippen LogP contribution in [-0.2, 0) is 0 Å². The van der Waals surface area contributed by atoms with Gasteiger partial charge in [0, 0.05) is 11.1 Å². The normalized spacial score (nSPS) is 10.6. The highest BCUT2D eigenvalue weighted by Gasteiger charge is 2.21. The second-order valence-corrected chi connectivity index (χ2v) is 6.30. The Morgan fingerprint density at radius 2 is 1.56 bits per heavy atom. The molecule has 0 aliphatic rings. The van der Waals surface area contributed by atoms with E-state index in [9.17, 15) is 0 Å². The molecule has 0 N–H and O–H groups in total. The smallest absolute Gasteiger partial charge is 0.203 e. The molecular formula is C20H21NO5S. The number of aromatic nitrogens is 1. The van der Waals surface area contributed by atoms with Crippen molar-refractivity contribution in [1.29, 1.82) is 0 Å². The minimum Gasteiger partial charge on any atom is -0.496 e. The Hall–Kier alpha value is -2.80. The van der Waals surface area contributed by atoms with Crippen molar-refractivity contribution < 1.29 is 23.4 Å². The van der Waals surface area contributed by atoms with Crippen LogP contribution < -0.4 is 18.9 Å². The average Bonchev–Trinajstić information content (AvgIpc) is 3.21. The highest BCUT2D eigenvalue weighted by atomic mass is 32.2. The molecule has 0 spiro atoms. The number of thioether (sulfide) groups is 1. The molecule has 0 atom stereocenters. The van der Waals surface area contributed by atoms with Gasteiger partial charge in [-0.2, -0.15) is 0 Å². The van der Waals surface area contributed by atoms with E-state index in [1.165, 1.54) is 6.39 Å². The third-order valence-corrected chi connectivity index (χ3v) is 4.98. The predicted molar refractivity (Wildman–Crippen MR) is 105 cm³/mol. The first-order valence-corrected chi connectivity index (χ1v) is 9.36. The first-order valence-electron chi connectivity index (χ1n) is 8.13. The molecule has 6 nitrogen and oxygen atoms in total. The minimum absolute atomic E-state index is 0.528. The van der Waals surface area contributed by atoms with Gasteiger partial charge in [-0.05, 0) is 30.5 Å². The van der Waals surface area contributed by atoms with Crippen LogP contribution in [0.25, 0.3) is 22.6 Å². The Bertz CT molecular complexity index is 913. The van der Waals surface area contributed by atoms with Crippen LogP contribution in [0.5, 0.6) is 23.0 Å². The Morgan fingerprint density at radius 1 is 0.889 bits per heavy atom. The SMILES string of the molecule is COc1cc(-c2ncoc2-c2cccc(OC)c2SC)cc(OC)c1OC. The summed E-state index contributed by atoms with van der Waals surface area (Å²) in [7, 11) is 6.39. The van der Waals surface area contributed by atoms with Gasteiger partial charge in [0.05, 0.1) is 33.3 Å². The summed E-state index contributed by atoms with van der Waals surface area (Å²) < 4.78 is 27.6. The summed E-state index contributed by atoms with van der Waals surface area (Å²) in [6.45, 7) is 0. The van der Waals surface area contributed by atoms with E-state index in [2.05, 4.69) is 4.98 Å². The van der Waals surface area contributed by atoms with Crippen LogP contribution in [0.3, 0.4) is 0 Å². The van der Waals surface area contributed by atoms with Crippen LogP contribution in [0.15, 0.2) is 46.0 Å². The molecular weight excluding hydrogens is 366 g/mol. The Morgan fingerprint density at radius 3 is 2.11 bits per heavy atom. The second-order valence-electron chi connectivity index (χ2n) is 5.49. The number of nitrogens with zero attached hydrogens (tertiary/aromatic N) is 1. The zero-order chi connectivity index (χ0) is 19.4. The number of oxazole rings is 1. The van der Waals surface area contributed by atoms with Crippen molar-refractivity contribution in [2.45, 2.75) is 4.90 Å². The van der Waals surface area contributed by atoms with E-state index in [0.717, 1.165) is 21.8 Å². The van der Waals surface area contributed by atoms with Crippen molar-refractivity contribution in [1.82, 2.24) is 4.98 Å². The maximum atomic E-state index is 5.76. The monoisotopic (exact) mass is 387 g/mol. The molecule has 27 heavy (non-hydrogen) atoms. The van der Waals surface area contributed by atoms with Crippen LogP contribution >= 0.6 is 11.8 Å². The Balaban J connectivity index is 2.20. The zero-order valence-electron chi connectivity index (χ0n) is 15.9. The van der Waals surface area contributed by atoms with E-state index in [1.807, 2.05) is 36.6 Å². The van der Waals surface area contributed by atoms with Crippen molar-refractivity contribution in [3.63, 3.8) is 0 Å². The minimum atomic E-state index is 0.528. The molecule has 0 saturated carbocycles. The van der Waals surface area contributed by atoms with Gasteiger partial charge in [-0.1, -0.05) is 6.07 Å². The lowest BCUT2D eigenvalue weighted by Crippen LogP contribution is -1.96. The lowest BCUT2D eigenvalue weighted by Gasteiger charge is -2.14. The molecule has 0 bridgehead atoms. The molecule has 3 rings (SSSR count). The maximum Gasteiger partial charge on any atom is 0.203 e. The summed E-state index contributed by atoms with van der Waals surface area (Å²) in [6, 6.07) is 9.53. The highest BCUT2D eigenvalue weighted by Crippen LogP contribution is 2.45. The molecule has 0 saturated heterocycles. The standard InChI is InChI=1S/C20H21NO5S/c1-22-14-8-6-7-13(20(14)27-5)18-17(21-11-26-18)12-9-15(23-2)19(25-4)16(10-12)24-3/h6-11H,1-5H3. The van der Waals surface area contributed by atoms with Crippen molar-refractivity contribution >= 4 is 11.8 Å². The van der Waals surface area contributed by atoms with Gasteiger partial charge in [0.15, 0.2) is 23.7 Å². The molecule has 0 fully saturated rings. The van der Waals surface area contributed by atoms with Crippen LogP contribution in [0.4, 0.5) is 0 Å². The fourth-order valence-electron chi connectivity index (χ4n) is 2.93. The van der Waals surface area contributed by atoms with Gasteiger partial charge in [-0.15, -0.1) is 11.8 Å². The van der Waals surface area contributed by atoms with Gasteiger partial charge < -0.3 is 23.4 Å². The van der Waals surface area contributed by atoms with Crippen molar-refractivity contribution in [2.24, 2.45) is 0 Å². The summed E-state index contributed by atoms with van der Waals surface area (Å²) in [5, 5.41) is 0. The molecule has 7 heteroatoms. The van der Waals surface area contributed by atoms with Gasteiger partial charge in [-0.3, -0.25) is 0 Å². The first-order chi connectivity index (χ1) is 13.2. The number of benzene rings is 2. The summed E-state index contributed by atoms with van der Waals surface area (Å²) in [5.41, 5.74) is 2.38. The number of rotatable bonds is 7. The predicted octanol–water partition coefficient (Wildman–Crippen LogP) is 4.76. The molecule has 0 aliphatic heterocycles. The molecule has 2 aromatic carbocycles. The largest absolute Gasteiger partial charge is 0.496 e. The van der Waals surface area contributed by atoms with Crippen LogP contribution in [0.2, 0.25) is 0 Å². The lowest BCUT2D eigenvalue weighted by atomic mass is 10.0. The molecule has 0 aliphatic carbocycles. The summed E-state index contributed by atoms with van der Waals surface area (Å²) in [4.78, 5) is 5.41. The fourth-order valence-corrected chi connectivity index (χ4v) is 3.66. The topological polar surface area (TPSA) is 63.0 Å². The van der Waals surface area contributed by atoms with Crippen LogP contribution in [0, 0.1) is 0 Å². The van der Waals surface area contributed by atoms with Gasteiger partial charge in [-0.25, -0.2) is 4.98 Å². The quantitative estimate of drug-likeness (QED) is 0.541. The molecule has 0 unspecified atom stereocenters. The van der Waals surface area contributed by atoms with Gasteiger partial charge >= 0.3 is 0 Å². The fraction of sp³-hybridized carbons (Fsp3) is 0.250. The zero-order valence-corrected chi connectivity index (χ0v) is 16.7. The average molecular weight is 387 g/mol. The highest BCUT2D eigenvalue weighted by molar-refractivity contribution is 7.98. The number of hydrogen-bond acceptors (Lipinski definition) is 7. The first kappa shape index (κ1) is 19.0. The summed E-state index contributed by atoms with van der Waals surface area (Å²) in [5.74, 6) is 3.06. The van der Waals surface area contributed by atoms with E-state index in [1.54, 1.807) is 40.2 Å². The van der Waals surface area contributed by atoms with E-state index in [-0.39, 0.29) is 0 Å². The van der Waals surface area contributed by atoms with Crippen LogP contribution in [-0.4, -0.2) is 39.7 Å². The van der Waals surface area contributed by atoms with E-state index in [0.29, 0.717) is 28.7 Å². The molecule has 1 heterocycles. The van der Waals surface area contributed by atoms with Crippen molar-refractivity contribution in [3.8, 4) is 45.6 Å². The van der Waals surface area contributed by atoms with Gasteiger partial charge in [0.1, 0.15) is 11.4 Å². The molecule has 0 radical (unpaired) electrons. The Labute approximate surface area is 162 Å². The molecule has 142 valence electrons. The second kappa shape index (κ2) is 8.26. The van der Waals surface area contributed by atoms with E-state index in [4.69, 9.17) is 23.4 Å². The summed E-state index contributed by atoms with van der Waals surface area (Å²) in [6.07, 6.45) is 3.42. The van der Waals surface area contributed by atoms with Gasteiger partial charge in [0.25, 0.3) is 0 Å². The Kier molecular flexibility index (Phi) is 5.81. The number of ether oxygens (including phenoxy) is 4. The van der Waals surface area contributed by atoms with Crippen LogP contribution in [0.1, 0.15) is 0 Å². The third kappa shape index (κ3) is 3.42. The van der Waals surface area contributed by atoms with E-state index < -0.39 is 0 Å². The third-order valence-electron chi connectivity index (χ3n) is 4.15. The number of methoxy groups -OCH3 is 4. The summed E-state index contributed by atoms with van der Waals surface area (Å²) >= 11 is 1.59. The molecule has 3 aromatic rings. The van der Waals surface area contributed by atoms with Crippen molar-refractivity contribution in [2.75, 3.05) is 34.7 Å². The number of hydrogen-bond donors (Lipinski definition) is 0. The van der Waals surface area contributed by atoms with Gasteiger partial charge in [0.2, 0.25) is 5.75 Å². The molecule has 1 aromatic heterocycles. The van der Waals surface area contributed by atoms with Crippen molar-refractivity contribution in [3.05, 3.63) is 36.7 Å².